The van der Waals surface area contributed by atoms with Crippen LogP contribution in [-0.2, 0) is 14.3 Å². The van der Waals surface area contributed by atoms with Gasteiger partial charge in [-0.25, -0.2) is 0 Å². The zero-order valence-electron chi connectivity index (χ0n) is 8.95. The summed E-state index contributed by atoms with van der Waals surface area (Å²) in [7, 11) is 1.60. The Morgan fingerprint density at radius 2 is 1.92 bits per heavy atom. The zero-order chi connectivity index (χ0) is 10.3. The molecule has 0 aromatic carbocycles. The van der Waals surface area contributed by atoms with E-state index in [2.05, 4.69) is 13.8 Å². The number of hydrogen-bond donors (Lipinski definition) is 0. The molecule has 0 amide bonds. The van der Waals surface area contributed by atoms with Gasteiger partial charge in [-0.2, -0.15) is 0 Å². The van der Waals surface area contributed by atoms with Gasteiger partial charge in [-0.15, -0.1) is 0 Å². The average molecular weight is 188 g/mol. The molecule has 0 saturated heterocycles. The van der Waals surface area contributed by atoms with Gasteiger partial charge in [0.1, 0.15) is 13.1 Å². The summed E-state index contributed by atoms with van der Waals surface area (Å²) in [6, 6.07) is 0. The first kappa shape index (κ1) is 12.6. The lowest BCUT2D eigenvalue weighted by atomic mass is 9.92. The Hall–Kier alpha value is -0.410. The summed E-state index contributed by atoms with van der Waals surface area (Å²) in [6.07, 6.45) is 1.59. The molecular weight excluding hydrogens is 168 g/mol. The molecule has 0 unspecified atom stereocenters. The lowest BCUT2D eigenvalue weighted by Gasteiger charge is -2.26. The molecule has 0 rings (SSSR count). The number of aldehydes is 1. The van der Waals surface area contributed by atoms with Crippen LogP contribution in [0.4, 0.5) is 0 Å². The molecule has 0 aliphatic carbocycles. The van der Waals surface area contributed by atoms with Crippen LogP contribution in [0.2, 0.25) is 0 Å². The normalized spacial score (nSPS) is 15.8. The van der Waals surface area contributed by atoms with E-state index in [1.54, 1.807) is 7.11 Å². The van der Waals surface area contributed by atoms with Gasteiger partial charge >= 0.3 is 0 Å². The van der Waals surface area contributed by atoms with Crippen molar-refractivity contribution in [1.82, 2.24) is 0 Å². The van der Waals surface area contributed by atoms with Gasteiger partial charge in [0.2, 0.25) is 0 Å². The fourth-order valence-corrected chi connectivity index (χ4v) is 1.45. The first-order chi connectivity index (χ1) is 6.13. The van der Waals surface area contributed by atoms with Crippen molar-refractivity contribution in [2.75, 3.05) is 13.9 Å². The van der Waals surface area contributed by atoms with Gasteiger partial charge in [0.25, 0.3) is 0 Å². The highest BCUT2D eigenvalue weighted by molar-refractivity contribution is 5.49. The van der Waals surface area contributed by atoms with Crippen LogP contribution in [0.5, 0.6) is 0 Å². The van der Waals surface area contributed by atoms with Crippen LogP contribution in [0, 0.1) is 11.8 Å². The van der Waals surface area contributed by atoms with E-state index >= 15 is 0 Å². The fourth-order valence-electron chi connectivity index (χ4n) is 1.45. The third-order valence-electron chi connectivity index (χ3n) is 2.06. The van der Waals surface area contributed by atoms with Gasteiger partial charge in [-0.05, 0) is 11.8 Å². The molecule has 2 atom stereocenters. The van der Waals surface area contributed by atoms with Crippen LogP contribution in [0.1, 0.15) is 27.2 Å². The second-order valence-corrected chi connectivity index (χ2v) is 3.66. The van der Waals surface area contributed by atoms with Crippen LogP contribution in [0.25, 0.3) is 0 Å². The SMILES string of the molecule is COCO[C@@H](C(C)C)[C@@H](C)CC=O. The largest absolute Gasteiger partial charge is 0.359 e. The van der Waals surface area contributed by atoms with Crippen LogP contribution >= 0.6 is 0 Å². The third kappa shape index (κ3) is 5.01. The maximum atomic E-state index is 10.3. The van der Waals surface area contributed by atoms with E-state index in [1.165, 1.54) is 0 Å². The number of methoxy groups -OCH3 is 1. The molecule has 3 heteroatoms. The molecule has 0 fully saturated rings. The lowest BCUT2D eigenvalue weighted by Crippen LogP contribution is -2.28. The summed E-state index contributed by atoms with van der Waals surface area (Å²) in [5, 5.41) is 0. The van der Waals surface area contributed by atoms with Crippen molar-refractivity contribution in [3.63, 3.8) is 0 Å². The first-order valence-corrected chi connectivity index (χ1v) is 4.67. The van der Waals surface area contributed by atoms with Crippen LogP contribution < -0.4 is 0 Å². The predicted octanol–water partition coefficient (Wildman–Crippen LogP) is 1.86. The molecule has 0 aromatic rings. The molecule has 0 radical (unpaired) electrons. The second-order valence-electron chi connectivity index (χ2n) is 3.66. The van der Waals surface area contributed by atoms with Crippen molar-refractivity contribution in [3.05, 3.63) is 0 Å². The Labute approximate surface area is 80.4 Å². The van der Waals surface area contributed by atoms with E-state index in [0.29, 0.717) is 19.1 Å². The number of carbonyl (C=O) groups is 1. The molecule has 0 aromatic heterocycles. The Kier molecular flexibility index (Phi) is 6.82. The standard InChI is InChI=1S/C10H20O3/c1-8(2)10(13-7-12-4)9(3)5-6-11/h6,8-10H,5,7H2,1-4H3/t9-,10-/m0/s1. The van der Waals surface area contributed by atoms with Crippen molar-refractivity contribution in [3.8, 4) is 0 Å². The molecule has 78 valence electrons. The molecule has 0 spiro atoms. The van der Waals surface area contributed by atoms with Gasteiger partial charge in [0.05, 0.1) is 6.10 Å². The van der Waals surface area contributed by atoms with E-state index < -0.39 is 0 Å². The minimum absolute atomic E-state index is 0.102. The smallest absolute Gasteiger partial charge is 0.146 e. The molecular formula is C10H20O3. The summed E-state index contributed by atoms with van der Waals surface area (Å²) >= 11 is 0. The van der Waals surface area contributed by atoms with E-state index in [9.17, 15) is 4.79 Å². The molecule has 3 nitrogen and oxygen atoms in total. The van der Waals surface area contributed by atoms with E-state index in [1.807, 2.05) is 6.92 Å². The number of hydrogen-bond acceptors (Lipinski definition) is 3. The monoisotopic (exact) mass is 188 g/mol. The predicted molar refractivity (Wildman–Crippen MR) is 51.4 cm³/mol. The molecule has 0 N–H and O–H groups in total. The van der Waals surface area contributed by atoms with Crippen molar-refractivity contribution in [2.24, 2.45) is 11.8 Å². The lowest BCUT2D eigenvalue weighted by molar-refractivity contribution is -0.118. The number of ether oxygens (including phenoxy) is 2. The minimum atomic E-state index is 0.102. The molecule has 0 saturated carbocycles. The topological polar surface area (TPSA) is 35.5 Å². The first-order valence-electron chi connectivity index (χ1n) is 4.67. The van der Waals surface area contributed by atoms with Crippen LogP contribution in [0.15, 0.2) is 0 Å². The van der Waals surface area contributed by atoms with Gasteiger partial charge in [-0.3, -0.25) is 0 Å². The van der Waals surface area contributed by atoms with Crippen molar-refractivity contribution in [1.29, 1.82) is 0 Å². The molecule has 0 heterocycles. The zero-order valence-corrected chi connectivity index (χ0v) is 8.95. The summed E-state index contributed by atoms with van der Waals surface area (Å²) in [5.74, 6) is 0.665. The summed E-state index contributed by atoms with van der Waals surface area (Å²) in [6.45, 7) is 6.49. The van der Waals surface area contributed by atoms with Crippen LogP contribution in [-0.4, -0.2) is 26.3 Å². The third-order valence-corrected chi connectivity index (χ3v) is 2.06. The molecule has 13 heavy (non-hydrogen) atoms. The fraction of sp³-hybridized carbons (Fsp3) is 0.900. The number of carbonyl (C=O) groups excluding carboxylic acids is 1. The van der Waals surface area contributed by atoms with Gasteiger partial charge in [0, 0.05) is 13.5 Å². The molecule has 0 aliphatic rings. The Morgan fingerprint density at radius 3 is 2.31 bits per heavy atom. The Bertz CT molecular complexity index is 134. The summed E-state index contributed by atoms with van der Waals surface area (Å²) in [4.78, 5) is 10.3. The average Bonchev–Trinajstić information content (AvgIpc) is 2.05. The molecule has 0 aliphatic heterocycles. The second kappa shape index (κ2) is 7.04. The van der Waals surface area contributed by atoms with Gasteiger partial charge in [-0.1, -0.05) is 20.8 Å². The van der Waals surface area contributed by atoms with Crippen molar-refractivity contribution < 1.29 is 14.3 Å². The van der Waals surface area contributed by atoms with E-state index in [0.717, 1.165) is 6.29 Å². The van der Waals surface area contributed by atoms with Crippen molar-refractivity contribution in [2.45, 2.75) is 33.3 Å². The quantitative estimate of drug-likeness (QED) is 0.452. The highest BCUT2D eigenvalue weighted by Crippen LogP contribution is 2.18. The van der Waals surface area contributed by atoms with Gasteiger partial charge < -0.3 is 14.3 Å². The minimum Gasteiger partial charge on any atom is -0.359 e. The highest BCUT2D eigenvalue weighted by atomic mass is 16.7. The maximum absolute atomic E-state index is 10.3. The Morgan fingerprint density at radius 1 is 1.31 bits per heavy atom. The maximum Gasteiger partial charge on any atom is 0.146 e. The molecule has 0 bridgehead atoms. The van der Waals surface area contributed by atoms with E-state index in [4.69, 9.17) is 9.47 Å². The van der Waals surface area contributed by atoms with Gasteiger partial charge in [0.15, 0.2) is 0 Å². The van der Waals surface area contributed by atoms with E-state index in [-0.39, 0.29) is 12.0 Å². The summed E-state index contributed by atoms with van der Waals surface area (Å²) in [5.41, 5.74) is 0. The Balaban J connectivity index is 3.98. The van der Waals surface area contributed by atoms with Crippen LogP contribution in [0.3, 0.4) is 0 Å². The van der Waals surface area contributed by atoms with Crippen molar-refractivity contribution >= 4 is 6.29 Å². The summed E-state index contributed by atoms with van der Waals surface area (Å²) < 4.78 is 10.3. The number of rotatable bonds is 7. The highest BCUT2D eigenvalue weighted by Gasteiger charge is 2.20.